The molecule has 6 heteroatoms. The lowest BCUT2D eigenvalue weighted by Crippen LogP contribution is -2.21. The van der Waals surface area contributed by atoms with Gasteiger partial charge >= 0.3 is 6.16 Å². The molecule has 1 aliphatic carbocycles. The van der Waals surface area contributed by atoms with E-state index in [9.17, 15) is 14.9 Å². The highest BCUT2D eigenvalue weighted by molar-refractivity contribution is 5.79. The lowest BCUT2D eigenvalue weighted by atomic mass is 9.87. The second-order valence-corrected chi connectivity index (χ2v) is 8.06. The smallest absolute Gasteiger partial charge is 0.425 e. The molecule has 170 valence electrons. The Bertz CT molecular complexity index is 1410. The summed E-state index contributed by atoms with van der Waals surface area (Å²) in [5.41, 5.74) is 5.65. The maximum absolute atomic E-state index is 12.9. The van der Waals surface area contributed by atoms with Crippen LogP contribution in [0.1, 0.15) is 34.3 Å². The largest absolute Gasteiger partial charge is 0.514 e. The van der Waals surface area contributed by atoms with Crippen LogP contribution < -0.4 is 4.74 Å². The van der Waals surface area contributed by atoms with Crippen molar-refractivity contribution in [1.29, 1.82) is 0 Å². The van der Waals surface area contributed by atoms with Gasteiger partial charge in [0.2, 0.25) is 0 Å². The summed E-state index contributed by atoms with van der Waals surface area (Å²) in [6.45, 7) is 0. The van der Waals surface area contributed by atoms with E-state index >= 15 is 0 Å². The van der Waals surface area contributed by atoms with Gasteiger partial charge in [0, 0.05) is 17.7 Å². The Hall–Kier alpha value is -4.89. The van der Waals surface area contributed by atoms with E-state index in [0.29, 0.717) is 5.56 Å². The summed E-state index contributed by atoms with van der Waals surface area (Å²) in [5, 5.41) is 10.9. The van der Waals surface area contributed by atoms with Crippen LogP contribution in [0.2, 0.25) is 0 Å². The van der Waals surface area contributed by atoms with Gasteiger partial charge in [0.15, 0.2) is 0 Å². The zero-order chi connectivity index (χ0) is 24.4. The molecule has 1 unspecified atom stereocenters. The van der Waals surface area contributed by atoms with Crippen molar-refractivity contribution in [1.82, 2.24) is 0 Å². The summed E-state index contributed by atoms with van der Waals surface area (Å²) in [7, 11) is 0. The predicted molar refractivity (Wildman–Crippen MR) is 131 cm³/mol. The van der Waals surface area contributed by atoms with Gasteiger partial charge < -0.3 is 9.47 Å². The summed E-state index contributed by atoms with van der Waals surface area (Å²) in [5.74, 6) is 2.49. The van der Waals surface area contributed by atoms with E-state index in [2.05, 4.69) is 18.1 Å². The molecule has 6 nitrogen and oxygen atoms in total. The average Bonchev–Trinajstić information content (AvgIpc) is 3.22. The van der Waals surface area contributed by atoms with Gasteiger partial charge in [-0.1, -0.05) is 66.6 Å². The molecule has 0 bridgehead atoms. The number of carbonyl (C=O) groups is 1. The Labute approximate surface area is 201 Å². The van der Waals surface area contributed by atoms with E-state index in [4.69, 9.17) is 15.9 Å². The molecule has 0 N–H and O–H groups in total. The predicted octanol–water partition coefficient (Wildman–Crippen LogP) is 6.65. The van der Waals surface area contributed by atoms with Crippen LogP contribution in [0.3, 0.4) is 0 Å². The van der Waals surface area contributed by atoms with Gasteiger partial charge in [-0.2, -0.15) is 0 Å². The zero-order valence-corrected chi connectivity index (χ0v) is 18.5. The summed E-state index contributed by atoms with van der Waals surface area (Å²) in [4.78, 5) is 23.3. The highest BCUT2D eigenvalue weighted by Gasteiger charge is 2.37. The fourth-order valence-corrected chi connectivity index (χ4v) is 4.48. The molecular weight excluding hydrogens is 442 g/mol. The Morgan fingerprint density at radius 2 is 1.43 bits per heavy atom. The molecule has 0 aliphatic heterocycles. The van der Waals surface area contributed by atoms with Gasteiger partial charge in [0.05, 0.1) is 10.8 Å². The van der Waals surface area contributed by atoms with Gasteiger partial charge in [-0.3, -0.25) is 10.1 Å². The third kappa shape index (κ3) is 4.23. The SMILES string of the molecule is C#Cc1ccc(C(OC(=O)Oc2ccc([N+](=O)[O-])cc2)C2c3ccccc3-c3ccccc32)cc1. The molecule has 0 saturated heterocycles. The molecule has 0 spiro atoms. The van der Waals surface area contributed by atoms with Gasteiger partial charge in [-0.25, -0.2) is 4.79 Å². The molecule has 1 atom stereocenters. The molecule has 0 fully saturated rings. The van der Waals surface area contributed by atoms with E-state index in [1.807, 2.05) is 48.5 Å². The number of terminal acetylenes is 1. The third-order valence-electron chi connectivity index (χ3n) is 6.06. The number of carbonyl (C=O) groups excluding carboxylic acids is 1. The second-order valence-electron chi connectivity index (χ2n) is 8.06. The van der Waals surface area contributed by atoms with Crippen LogP contribution in [-0.4, -0.2) is 11.1 Å². The van der Waals surface area contributed by atoms with Gasteiger partial charge in [-0.15, -0.1) is 6.42 Å². The monoisotopic (exact) mass is 461 g/mol. The number of hydrogen-bond donors (Lipinski definition) is 0. The summed E-state index contributed by atoms with van der Waals surface area (Å²) < 4.78 is 11.3. The van der Waals surface area contributed by atoms with Crippen LogP contribution in [-0.2, 0) is 4.74 Å². The van der Waals surface area contributed by atoms with E-state index in [-0.39, 0.29) is 17.4 Å². The lowest BCUT2D eigenvalue weighted by Gasteiger charge is -2.26. The lowest BCUT2D eigenvalue weighted by molar-refractivity contribution is -0.384. The maximum atomic E-state index is 12.9. The Balaban J connectivity index is 1.51. The first kappa shape index (κ1) is 21.9. The number of rotatable bonds is 5. The number of non-ortho nitro benzene ring substituents is 1. The highest BCUT2D eigenvalue weighted by Crippen LogP contribution is 2.51. The van der Waals surface area contributed by atoms with Gasteiger partial charge in [0.1, 0.15) is 11.9 Å². The first-order valence-electron chi connectivity index (χ1n) is 10.9. The first-order valence-corrected chi connectivity index (χ1v) is 10.9. The molecule has 35 heavy (non-hydrogen) atoms. The van der Waals surface area contributed by atoms with Crippen molar-refractivity contribution in [2.24, 2.45) is 0 Å². The highest BCUT2D eigenvalue weighted by atomic mass is 16.7. The molecule has 0 amide bonds. The third-order valence-corrected chi connectivity index (χ3v) is 6.06. The molecular formula is C29H19NO5. The van der Waals surface area contributed by atoms with Crippen molar-refractivity contribution < 1.29 is 19.2 Å². The molecule has 0 aromatic heterocycles. The topological polar surface area (TPSA) is 78.7 Å². The molecule has 0 radical (unpaired) electrons. The molecule has 0 saturated carbocycles. The van der Waals surface area contributed by atoms with Crippen LogP contribution in [0, 0.1) is 22.5 Å². The number of ether oxygens (including phenoxy) is 2. The van der Waals surface area contributed by atoms with Crippen molar-refractivity contribution in [3.63, 3.8) is 0 Å². The number of nitrogens with zero attached hydrogens (tertiary/aromatic N) is 1. The van der Waals surface area contributed by atoms with E-state index in [1.54, 1.807) is 12.1 Å². The van der Waals surface area contributed by atoms with Crippen LogP contribution in [0.15, 0.2) is 97.1 Å². The van der Waals surface area contributed by atoms with Crippen LogP contribution in [0.25, 0.3) is 11.1 Å². The zero-order valence-electron chi connectivity index (χ0n) is 18.5. The van der Waals surface area contributed by atoms with E-state index < -0.39 is 17.2 Å². The van der Waals surface area contributed by atoms with Crippen LogP contribution in [0.5, 0.6) is 5.75 Å². The van der Waals surface area contributed by atoms with Crippen molar-refractivity contribution in [3.8, 4) is 29.2 Å². The number of nitro benzene ring substituents is 1. The standard InChI is InChI=1S/C29H19NO5/c1-2-19-11-13-20(14-12-19)28(35-29(31)34-22-17-15-21(16-18-22)30(32)33)27-25-9-5-3-7-23(25)24-8-4-6-10-26(24)27/h1,3-18,27-28H. The van der Waals surface area contributed by atoms with Crippen LogP contribution >= 0.6 is 0 Å². The fraction of sp³-hybridized carbons (Fsp3) is 0.0690. The number of nitro groups is 1. The number of hydrogen-bond acceptors (Lipinski definition) is 5. The van der Waals surface area contributed by atoms with Crippen molar-refractivity contribution in [3.05, 3.63) is 129 Å². The minimum absolute atomic E-state index is 0.101. The minimum Gasteiger partial charge on any atom is -0.425 e. The minimum atomic E-state index is -0.910. The summed E-state index contributed by atoms with van der Waals surface area (Å²) in [6, 6.07) is 28.6. The molecule has 4 aromatic rings. The molecule has 1 aliphatic rings. The van der Waals surface area contributed by atoms with E-state index in [1.165, 1.54) is 24.3 Å². The number of fused-ring (bicyclic) bond motifs is 3. The normalized spacial score (nSPS) is 12.7. The van der Waals surface area contributed by atoms with Crippen LogP contribution in [0.4, 0.5) is 10.5 Å². The average molecular weight is 461 g/mol. The van der Waals surface area contributed by atoms with Crippen molar-refractivity contribution in [2.45, 2.75) is 12.0 Å². The second kappa shape index (κ2) is 9.16. The van der Waals surface area contributed by atoms with E-state index in [0.717, 1.165) is 27.8 Å². The Morgan fingerprint density at radius 3 is 1.97 bits per heavy atom. The summed E-state index contributed by atoms with van der Waals surface area (Å²) >= 11 is 0. The first-order chi connectivity index (χ1) is 17.0. The Morgan fingerprint density at radius 1 is 0.857 bits per heavy atom. The maximum Gasteiger partial charge on any atom is 0.514 e. The fourth-order valence-electron chi connectivity index (χ4n) is 4.48. The van der Waals surface area contributed by atoms with Crippen molar-refractivity contribution in [2.75, 3.05) is 0 Å². The Kier molecular flexibility index (Phi) is 5.74. The molecule has 0 heterocycles. The van der Waals surface area contributed by atoms with Gasteiger partial charge in [-0.05, 0) is 52.1 Å². The van der Waals surface area contributed by atoms with Gasteiger partial charge in [0.25, 0.3) is 5.69 Å². The molecule has 5 rings (SSSR count). The summed E-state index contributed by atoms with van der Waals surface area (Å²) in [6.07, 6.45) is 3.92. The quantitative estimate of drug-likeness (QED) is 0.109. The number of benzene rings is 4. The molecule has 4 aromatic carbocycles. The van der Waals surface area contributed by atoms with Crippen molar-refractivity contribution >= 4 is 11.8 Å².